The lowest BCUT2D eigenvalue weighted by Gasteiger charge is -2.12. The molecule has 0 unspecified atom stereocenters. The number of hydrogen-bond donors (Lipinski definition) is 2. The van der Waals surface area contributed by atoms with Gasteiger partial charge in [-0.25, -0.2) is 8.78 Å². The molecule has 3 aromatic rings. The van der Waals surface area contributed by atoms with Crippen molar-refractivity contribution in [3.05, 3.63) is 90.0 Å². The van der Waals surface area contributed by atoms with E-state index in [0.717, 1.165) is 23.3 Å². The molecule has 3 aromatic carbocycles. The van der Waals surface area contributed by atoms with Crippen LogP contribution in [-0.2, 0) is 4.79 Å². The quantitative estimate of drug-likeness (QED) is 0.558. The smallest absolute Gasteiger partial charge is 0.254 e. The maximum Gasteiger partial charge on any atom is 0.254 e. The minimum absolute atomic E-state index is 0.225. The van der Waals surface area contributed by atoms with Crippen molar-refractivity contribution in [3.8, 4) is 16.9 Å². The fraction of sp³-hybridized carbons (Fsp3) is 0.130. The Balaban J connectivity index is 1.44. The average molecular weight is 410 g/mol. The molecule has 0 saturated carbocycles. The average Bonchev–Trinajstić information content (AvgIpc) is 2.76. The molecule has 0 atom stereocenters. The molecule has 30 heavy (non-hydrogen) atoms. The Kier molecular flexibility index (Phi) is 7.10. The molecule has 0 aromatic heterocycles. The molecule has 7 heteroatoms. The van der Waals surface area contributed by atoms with Gasteiger partial charge < -0.3 is 15.4 Å². The minimum atomic E-state index is -0.988. The van der Waals surface area contributed by atoms with Gasteiger partial charge in [0.2, 0.25) is 5.91 Å². The van der Waals surface area contributed by atoms with Gasteiger partial charge >= 0.3 is 0 Å². The highest BCUT2D eigenvalue weighted by Crippen LogP contribution is 2.29. The summed E-state index contributed by atoms with van der Waals surface area (Å²) in [6.45, 7) is 0.120. The zero-order chi connectivity index (χ0) is 21.3. The van der Waals surface area contributed by atoms with E-state index in [4.69, 9.17) is 4.74 Å². The van der Waals surface area contributed by atoms with Gasteiger partial charge in [-0.1, -0.05) is 48.5 Å². The molecule has 2 amide bonds. The van der Waals surface area contributed by atoms with Gasteiger partial charge in [0.1, 0.15) is 24.0 Å². The second-order valence-corrected chi connectivity index (χ2v) is 6.37. The Morgan fingerprint density at radius 1 is 0.867 bits per heavy atom. The highest BCUT2D eigenvalue weighted by atomic mass is 19.1. The van der Waals surface area contributed by atoms with Crippen LogP contribution in [0.25, 0.3) is 11.1 Å². The Morgan fingerprint density at radius 2 is 1.60 bits per heavy atom. The third kappa shape index (κ3) is 5.64. The van der Waals surface area contributed by atoms with Crippen molar-refractivity contribution in [2.45, 2.75) is 0 Å². The summed E-state index contributed by atoms with van der Waals surface area (Å²) < 4.78 is 32.2. The van der Waals surface area contributed by atoms with Crippen molar-refractivity contribution in [1.82, 2.24) is 10.6 Å². The number of nitrogens with one attached hydrogen (secondary N) is 2. The SMILES string of the molecule is O=C(CNC(=O)c1ccc(F)cc1F)NCCOc1ccccc1-c1ccccc1. The Bertz CT molecular complexity index is 1030. The summed E-state index contributed by atoms with van der Waals surface area (Å²) in [5.41, 5.74) is 1.64. The van der Waals surface area contributed by atoms with Crippen LogP contribution in [0.1, 0.15) is 10.4 Å². The monoisotopic (exact) mass is 410 g/mol. The first kappa shape index (κ1) is 21.0. The molecular weight excluding hydrogens is 390 g/mol. The predicted molar refractivity (Wildman–Crippen MR) is 109 cm³/mol. The number of benzene rings is 3. The summed E-state index contributed by atoms with van der Waals surface area (Å²) in [5.74, 6) is -2.33. The van der Waals surface area contributed by atoms with Gasteiger partial charge in [-0.3, -0.25) is 9.59 Å². The number of para-hydroxylation sites is 1. The van der Waals surface area contributed by atoms with Crippen LogP contribution in [0.4, 0.5) is 8.78 Å². The molecular formula is C23H20F2N2O3. The summed E-state index contributed by atoms with van der Waals surface area (Å²) in [6, 6.07) is 20.0. The van der Waals surface area contributed by atoms with Crippen LogP contribution in [0.15, 0.2) is 72.8 Å². The van der Waals surface area contributed by atoms with E-state index in [2.05, 4.69) is 10.6 Å². The van der Waals surface area contributed by atoms with Crippen molar-refractivity contribution in [1.29, 1.82) is 0 Å². The van der Waals surface area contributed by atoms with Crippen molar-refractivity contribution in [2.75, 3.05) is 19.7 Å². The van der Waals surface area contributed by atoms with E-state index in [9.17, 15) is 18.4 Å². The lowest BCUT2D eigenvalue weighted by Crippen LogP contribution is -2.38. The van der Waals surface area contributed by atoms with Gasteiger partial charge in [0.15, 0.2) is 0 Å². The lowest BCUT2D eigenvalue weighted by atomic mass is 10.1. The minimum Gasteiger partial charge on any atom is -0.491 e. The molecule has 0 aliphatic heterocycles. The molecule has 0 bridgehead atoms. The van der Waals surface area contributed by atoms with E-state index >= 15 is 0 Å². The maximum atomic E-state index is 13.6. The van der Waals surface area contributed by atoms with Crippen LogP contribution < -0.4 is 15.4 Å². The van der Waals surface area contributed by atoms with Crippen molar-refractivity contribution >= 4 is 11.8 Å². The van der Waals surface area contributed by atoms with Crippen molar-refractivity contribution in [3.63, 3.8) is 0 Å². The van der Waals surface area contributed by atoms with Gasteiger partial charge in [-0.2, -0.15) is 0 Å². The zero-order valence-electron chi connectivity index (χ0n) is 16.0. The van der Waals surface area contributed by atoms with Crippen LogP contribution in [-0.4, -0.2) is 31.5 Å². The molecule has 0 spiro atoms. The Morgan fingerprint density at radius 3 is 2.37 bits per heavy atom. The molecule has 0 heterocycles. The van der Waals surface area contributed by atoms with E-state index in [1.54, 1.807) is 0 Å². The largest absolute Gasteiger partial charge is 0.491 e. The third-order valence-electron chi connectivity index (χ3n) is 4.24. The van der Waals surface area contributed by atoms with E-state index in [0.29, 0.717) is 11.8 Å². The number of amides is 2. The summed E-state index contributed by atoms with van der Waals surface area (Å²) in [5, 5.41) is 4.90. The van der Waals surface area contributed by atoms with Crippen LogP contribution in [0, 0.1) is 11.6 Å². The summed E-state index contributed by atoms with van der Waals surface area (Å²) in [6.07, 6.45) is 0. The summed E-state index contributed by atoms with van der Waals surface area (Å²) >= 11 is 0. The van der Waals surface area contributed by atoms with Crippen LogP contribution in [0.2, 0.25) is 0 Å². The van der Waals surface area contributed by atoms with Crippen molar-refractivity contribution < 1.29 is 23.1 Å². The van der Waals surface area contributed by atoms with E-state index in [-0.39, 0.29) is 25.3 Å². The van der Waals surface area contributed by atoms with Gasteiger partial charge in [-0.05, 0) is 23.8 Å². The second kappa shape index (κ2) is 10.2. The zero-order valence-corrected chi connectivity index (χ0v) is 16.0. The molecule has 2 N–H and O–H groups in total. The highest BCUT2D eigenvalue weighted by molar-refractivity contribution is 5.96. The number of halogens is 2. The van der Waals surface area contributed by atoms with Gasteiger partial charge in [-0.15, -0.1) is 0 Å². The first-order valence-corrected chi connectivity index (χ1v) is 9.32. The first-order valence-electron chi connectivity index (χ1n) is 9.32. The van der Waals surface area contributed by atoms with Crippen molar-refractivity contribution in [2.24, 2.45) is 0 Å². The number of rotatable bonds is 8. The topological polar surface area (TPSA) is 67.4 Å². The molecule has 154 valence electrons. The molecule has 0 saturated heterocycles. The fourth-order valence-corrected chi connectivity index (χ4v) is 2.79. The standard InChI is InChI=1S/C23H20F2N2O3/c24-17-10-11-19(20(25)14-17)23(29)27-15-22(28)26-12-13-30-21-9-5-4-8-18(21)16-6-2-1-3-7-16/h1-11,14H,12-13,15H2,(H,26,28)(H,27,29). The molecule has 0 radical (unpaired) electrons. The van der Waals surface area contributed by atoms with E-state index in [1.807, 2.05) is 54.6 Å². The highest BCUT2D eigenvalue weighted by Gasteiger charge is 2.13. The normalized spacial score (nSPS) is 10.3. The van der Waals surface area contributed by atoms with Gasteiger partial charge in [0.25, 0.3) is 5.91 Å². The van der Waals surface area contributed by atoms with Gasteiger partial charge in [0, 0.05) is 11.6 Å². The Labute approximate surface area is 172 Å². The lowest BCUT2D eigenvalue weighted by molar-refractivity contribution is -0.120. The number of carbonyl (C=O) groups is 2. The van der Waals surface area contributed by atoms with Crippen LogP contribution >= 0.6 is 0 Å². The molecule has 0 aliphatic rings. The fourth-order valence-electron chi connectivity index (χ4n) is 2.79. The third-order valence-corrected chi connectivity index (χ3v) is 4.24. The molecule has 3 rings (SSSR count). The van der Waals surface area contributed by atoms with Crippen LogP contribution in [0.5, 0.6) is 5.75 Å². The maximum absolute atomic E-state index is 13.6. The van der Waals surface area contributed by atoms with Crippen LogP contribution in [0.3, 0.4) is 0 Å². The number of ether oxygens (including phenoxy) is 1. The first-order chi connectivity index (χ1) is 14.5. The second-order valence-electron chi connectivity index (χ2n) is 6.37. The van der Waals surface area contributed by atoms with Gasteiger partial charge in [0.05, 0.1) is 18.7 Å². The van der Waals surface area contributed by atoms with E-state index in [1.165, 1.54) is 0 Å². The predicted octanol–water partition coefficient (Wildman–Crippen LogP) is 3.56. The molecule has 0 fully saturated rings. The molecule has 0 aliphatic carbocycles. The summed E-state index contributed by atoms with van der Waals surface area (Å²) in [7, 11) is 0. The number of hydrogen-bond acceptors (Lipinski definition) is 3. The molecule has 5 nitrogen and oxygen atoms in total. The summed E-state index contributed by atoms with van der Waals surface area (Å²) in [4.78, 5) is 23.8. The number of carbonyl (C=O) groups excluding carboxylic acids is 2. The Hall–Kier alpha value is -3.74. The van der Waals surface area contributed by atoms with E-state index < -0.39 is 23.4 Å².